The highest BCUT2D eigenvalue weighted by molar-refractivity contribution is 6.04. The molecule has 0 saturated heterocycles. The normalized spacial score (nSPS) is 13.8. The molecule has 0 atom stereocenters. The van der Waals surface area contributed by atoms with Crippen LogP contribution in [0.1, 0.15) is 12.0 Å². The maximum absolute atomic E-state index is 11.8. The Bertz CT molecular complexity index is 1090. The molecule has 0 radical (unpaired) electrons. The average molecular weight is 382 g/mol. The summed E-state index contributed by atoms with van der Waals surface area (Å²) in [6, 6.07) is 19.0. The molecule has 1 amide bonds. The number of para-hydroxylation sites is 2. The molecule has 27 heavy (non-hydrogen) atoms. The molecule has 0 fully saturated rings. The molecule has 0 spiro atoms. The number of aromatic hydroxyl groups is 1. The zero-order valence-electron chi connectivity index (χ0n) is 14.3. The molecule has 136 valence electrons. The molecule has 0 aliphatic carbocycles. The van der Waals surface area contributed by atoms with Gasteiger partial charge in [-0.2, -0.15) is 4.58 Å². The van der Waals surface area contributed by atoms with Gasteiger partial charge in [0.25, 0.3) is 0 Å². The average Bonchev–Trinajstić information content (AvgIpc) is 3.01. The Kier molecular flexibility index (Phi) is 5.21. The minimum atomic E-state index is -0.335. The first-order valence-corrected chi connectivity index (χ1v) is 8.18. The first-order valence-electron chi connectivity index (χ1n) is 8.18. The molecule has 3 aromatic rings. The standard InChI is InChI=1S/C20H16N4O2.ClH/c21-23-19(25)11-18-22-16-7-3-4-8-17(16)24(18)12-14-10-9-13-5-1-2-6-15(13)20(14)26;/h1-10,12H,11,21H2,(H,23,25);1H/p+1. The van der Waals surface area contributed by atoms with E-state index in [4.69, 9.17) is 5.84 Å². The quantitative estimate of drug-likeness (QED) is 0.282. The zero-order chi connectivity index (χ0) is 18.1. The second-order valence-electron chi connectivity index (χ2n) is 5.98. The monoisotopic (exact) mass is 381 g/mol. The number of benzene rings is 3. The first-order chi connectivity index (χ1) is 12.7. The van der Waals surface area contributed by atoms with Gasteiger partial charge in [0, 0.05) is 5.39 Å². The van der Waals surface area contributed by atoms with Gasteiger partial charge in [0.1, 0.15) is 18.4 Å². The molecule has 4 N–H and O–H groups in total. The summed E-state index contributed by atoms with van der Waals surface area (Å²) < 4.78 is 1.81. The van der Waals surface area contributed by atoms with Crippen molar-refractivity contribution in [2.45, 2.75) is 6.42 Å². The summed E-state index contributed by atoms with van der Waals surface area (Å²) in [6.07, 6.45) is 1.83. The number of hydrogen-bond donors (Lipinski definition) is 3. The molecule has 1 aliphatic rings. The number of phenols is 1. The van der Waals surface area contributed by atoms with Crippen molar-refractivity contribution in [3.63, 3.8) is 0 Å². The second kappa shape index (κ2) is 7.57. The lowest BCUT2D eigenvalue weighted by Crippen LogP contribution is -2.33. The third kappa shape index (κ3) is 3.40. The van der Waals surface area contributed by atoms with Crippen molar-refractivity contribution in [2.75, 3.05) is 0 Å². The second-order valence-corrected chi connectivity index (χ2v) is 5.98. The number of hydrogen-bond acceptors (Lipinski definition) is 4. The van der Waals surface area contributed by atoms with Crippen molar-refractivity contribution in [3.8, 4) is 5.75 Å². The Balaban J connectivity index is 0.00000210. The number of aliphatic imine (C=N–C) groups is 1. The highest BCUT2D eigenvalue weighted by Gasteiger charge is 2.31. The Morgan fingerprint density at radius 3 is 2.67 bits per heavy atom. The first kappa shape index (κ1) is 18.6. The van der Waals surface area contributed by atoms with Crippen LogP contribution in [0.5, 0.6) is 5.75 Å². The van der Waals surface area contributed by atoms with Gasteiger partial charge in [-0.1, -0.05) is 42.5 Å². The van der Waals surface area contributed by atoms with E-state index in [1.807, 2.05) is 65.2 Å². The summed E-state index contributed by atoms with van der Waals surface area (Å²) in [5.41, 5.74) is 4.38. The molecule has 3 aromatic carbocycles. The van der Waals surface area contributed by atoms with Crippen molar-refractivity contribution in [1.29, 1.82) is 0 Å². The molecule has 0 unspecified atom stereocenters. The van der Waals surface area contributed by atoms with Crippen LogP contribution in [-0.2, 0) is 4.79 Å². The van der Waals surface area contributed by atoms with Gasteiger partial charge in [0.15, 0.2) is 5.69 Å². The van der Waals surface area contributed by atoms with E-state index in [1.54, 1.807) is 6.21 Å². The van der Waals surface area contributed by atoms with Gasteiger partial charge >= 0.3 is 5.84 Å². The number of nitrogens with zero attached hydrogens (tertiary/aromatic N) is 2. The number of amides is 1. The lowest BCUT2D eigenvalue weighted by Gasteiger charge is -2.06. The minimum Gasteiger partial charge on any atom is -0.507 e. The van der Waals surface area contributed by atoms with Crippen LogP contribution in [0, 0.1) is 0 Å². The largest absolute Gasteiger partial charge is 0.507 e. The van der Waals surface area contributed by atoms with E-state index in [0.717, 1.165) is 22.1 Å². The highest BCUT2D eigenvalue weighted by atomic mass is 35.5. The molecule has 0 aromatic heterocycles. The van der Waals surface area contributed by atoms with Crippen molar-refractivity contribution >= 4 is 52.5 Å². The summed E-state index contributed by atoms with van der Waals surface area (Å²) in [5.74, 6) is 5.61. The molecule has 0 saturated carbocycles. The van der Waals surface area contributed by atoms with Crippen LogP contribution in [0.2, 0.25) is 0 Å². The van der Waals surface area contributed by atoms with Crippen molar-refractivity contribution in [2.24, 2.45) is 10.8 Å². The molecular formula is C20H18ClN4O2+. The number of amidine groups is 1. The summed E-state index contributed by atoms with van der Waals surface area (Å²) >= 11 is 0. The van der Waals surface area contributed by atoms with E-state index in [0.29, 0.717) is 11.4 Å². The SMILES string of the molecule is Cl.NNC(=O)CC1=Nc2ccccc2[N+]1=Cc1ccc2ccccc2c1O. The van der Waals surface area contributed by atoms with Gasteiger partial charge in [-0.25, -0.2) is 5.84 Å². The summed E-state index contributed by atoms with van der Waals surface area (Å²) in [5, 5.41) is 12.4. The van der Waals surface area contributed by atoms with Gasteiger partial charge < -0.3 is 5.11 Å². The maximum Gasteiger partial charge on any atom is 0.314 e. The van der Waals surface area contributed by atoms with Crippen LogP contribution in [0.4, 0.5) is 11.4 Å². The van der Waals surface area contributed by atoms with Gasteiger partial charge in [0.2, 0.25) is 11.6 Å². The van der Waals surface area contributed by atoms with Crippen LogP contribution >= 0.6 is 12.4 Å². The zero-order valence-corrected chi connectivity index (χ0v) is 15.1. The van der Waals surface area contributed by atoms with E-state index in [-0.39, 0.29) is 30.5 Å². The predicted octanol–water partition coefficient (Wildman–Crippen LogP) is 3.15. The van der Waals surface area contributed by atoms with E-state index in [1.165, 1.54) is 0 Å². The molecule has 4 rings (SSSR count). The van der Waals surface area contributed by atoms with Gasteiger partial charge in [-0.15, -0.1) is 12.4 Å². The number of phenolic OH excluding ortho intramolecular Hbond substituents is 1. The topological polar surface area (TPSA) is 90.7 Å². The predicted molar refractivity (Wildman–Crippen MR) is 108 cm³/mol. The van der Waals surface area contributed by atoms with Crippen molar-refractivity contribution < 1.29 is 14.5 Å². The van der Waals surface area contributed by atoms with Crippen molar-refractivity contribution in [1.82, 2.24) is 5.43 Å². The van der Waals surface area contributed by atoms with Crippen LogP contribution in [0.15, 0.2) is 65.7 Å². The molecular weight excluding hydrogens is 364 g/mol. The number of carbonyl (C=O) groups excluding carboxylic acids is 1. The number of fused-ring (bicyclic) bond motifs is 2. The molecule has 1 heterocycles. The summed E-state index contributed by atoms with van der Waals surface area (Å²) in [7, 11) is 0. The van der Waals surface area contributed by atoms with E-state index >= 15 is 0 Å². The number of hydrazine groups is 1. The van der Waals surface area contributed by atoms with Crippen LogP contribution in [0.3, 0.4) is 0 Å². The number of nitrogens with one attached hydrogen (secondary N) is 1. The fourth-order valence-corrected chi connectivity index (χ4v) is 3.07. The molecule has 0 bridgehead atoms. The summed E-state index contributed by atoms with van der Waals surface area (Å²) in [6.45, 7) is 0. The smallest absolute Gasteiger partial charge is 0.314 e. The third-order valence-corrected chi connectivity index (χ3v) is 4.35. The lowest BCUT2D eigenvalue weighted by molar-refractivity contribution is -0.296. The number of halogens is 1. The fourth-order valence-electron chi connectivity index (χ4n) is 3.07. The fraction of sp³-hybridized carbons (Fsp3) is 0.0500. The third-order valence-electron chi connectivity index (χ3n) is 4.35. The Labute approximate surface area is 162 Å². The Morgan fingerprint density at radius 2 is 1.85 bits per heavy atom. The maximum atomic E-state index is 11.8. The number of carbonyl (C=O) groups is 1. The number of rotatable bonds is 3. The molecule has 6 nitrogen and oxygen atoms in total. The Morgan fingerprint density at radius 1 is 1.11 bits per heavy atom. The van der Waals surface area contributed by atoms with Gasteiger partial charge in [0.05, 0.1) is 5.56 Å². The molecule has 1 aliphatic heterocycles. The van der Waals surface area contributed by atoms with E-state index in [9.17, 15) is 9.90 Å². The van der Waals surface area contributed by atoms with E-state index in [2.05, 4.69) is 10.4 Å². The number of nitrogens with two attached hydrogens (primary N) is 1. The van der Waals surface area contributed by atoms with Gasteiger partial charge in [-0.3, -0.25) is 10.2 Å². The Hall–Kier alpha value is -3.22. The van der Waals surface area contributed by atoms with Crippen LogP contribution in [0.25, 0.3) is 10.8 Å². The van der Waals surface area contributed by atoms with Crippen LogP contribution in [-0.4, -0.2) is 27.6 Å². The highest BCUT2D eigenvalue weighted by Crippen LogP contribution is 2.35. The summed E-state index contributed by atoms with van der Waals surface area (Å²) in [4.78, 5) is 16.3. The van der Waals surface area contributed by atoms with Crippen molar-refractivity contribution in [3.05, 3.63) is 66.2 Å². The lowest BCUT2D eigenvalue weighted by atomic mass is 10.1. The van der Waals surface area contributed by atoms with Crippen LogP contribution < -0.4 is 11.3 Å². The molecule has 7 heteroatoms. The van der Waals surface area contributed by atoms with E-state index < -0.39 is 0 Å². The minimum absolute atomic E-state index is 0. The van der Waals surface area contributed by atoms with Gasteiger partial charge in [-0.05, 0) is 28.6 Å².